The maximum absolute atomic E-state index is 14.3. The van der Waals surface area contributed by atoms with Gasteiger partial charge in [-0.25, -0.2) is 14.4 Å². The van der Waals surface area contributed by atoms with Crippen molar-refractivity contribution >= 4 is 52.8 Å². The SMILES string of the molecule is C=c1[nH]cn/c1=C(/N=CN)NC(C)c1cc(Cl)c2cccnc2c1N1CCN(C(=O)c2ccccc2F)CC1. The highest BCUT2D eigenvalue weighted by Crippen LogP contribution is 2.38. The molecule has 1 aliphatic heterocycles. The van der Waals surface area contributed by atoms with Crippen LogP contribution in [0, 0.1) is 5.82 Å². The van der Waals surface area contributed by atoms with Gasteiger partial charge < -0.3 is 25.8 Å². The Bertz CT molecular complexity index is 1660. The molecule has 1 fully saturated rings. The first-order chi connectivity index (χ1) is 18.9. The highest BCUT2D eigenvalue weighted by molar-refractivity contribution is 6.36. The molecular formula is C28H28ClFN8O. The lowest BCUT2D eigenvalue weighted by Crippen LogP contribution is -2.49. The second-order valence-electron chi connectivity index (χ2n) is 9.18. The fraction of sp³-hybridized carbons (Fsp3) is 0.214. The molecule has 2 aromatic carbocycles. The van der Waals surface area contributed by atoms with Gasteiger partial charge in [0.05, 0.1) is 45.8 Å². The quantitative estimate of drug-likeness (QED) is 0.253. The van der Waals surface area contributed by atoms with Crippen molar-refractivity contribution in [1.29, 1.82) is 0 Å². The Kier molecular flexibility index (Phi) is 7.47. The first kappa shape index (κ1) is 26.2. The normalized spacial score (nSPS) is 15.6. The predicted octanol–water partition coefficient (Wildman–Crippen LogP) is 2.53. The van der Waals surface area contributed by atoms with Crippen LogP contribution in [-0.4, -0.2) is 58.3 Å². The molecule has 39 heavy (non-hydrogen) atoms. The molecular weight excluding hydrogens is 519 g/mol. The zero-order chi connectivity index (χ0) is 27.5. The monoisotopic (exact) mass is 546 g/mol. The molecule has 200 valence electrons. The summed E-state index contributed by atoms with van der Waals surface area (Å²) in [5.74, 6) is -0.377. The predicted molar refractivity (Wildman–Crippen MR) is 152 cm³/mol. The van der Waals surface area contributed by atoms with Crippen molar-refractivity contribution in [3.63, 3.8) is 0 Å². The second-order valence-corrected chi connectivity index (χ2v) is 9.58. The average Bonchev–Trinajstić information content (AvgIpc) is 3.38. The number of aromatic nitrogens is 3. The van der Waals surface area contributed by atoms with Crippen molar-refractivity contribution in [2.24, 2.45) is 10.7 Å². The Morgan fingerprint density at radius 1 is 1.23 bits per heavy atom. The van der Waals surface area contributed by atoms with Gasteiger partial charge in [0.1, 0.15) is 11.2 Å². The van der Waals surface area contributed by atoms with E-state index in [1.807, 2.05) is 25.1 Å². The first-order valence-electron chi connectivity index (χ1n) is 12.5. The summed E-state index contributed by atoms with van der Waals surface area (Å²) in [6, 6.07) is 11.5. The Morgan fingerprint density at radius 3 is 2.69 bits per heavy atom. The number of aliphatic imine (C=N–C) groups is 1. The summed E-state index contributed by atoms with van der Waals surface area (Å²) in [7, 11) is 0. The fourth-order valence-electron chi connectivity index (χ4n) is 4.86. The van der Waals surface area contributed by atoms with Crippen LogP contribution in [-0.2, 0) is 0 Å². The maximum Gasteiger partial charge on any atom is 0.256 e. The number of benzene rings is 2. The van der Waals surface area contributed by atoms with Gasteiger partial charge in [0, 0.05) is 43.3 Å². The number of carbonyl (C=O) groups is 1. The molecule has 0 bridgehead atoms. The van der Waals surface area contributed by atoms with Crippen LogP contribution in [0.3, 0.4) is 0 Å². The third-order valence-corrected chi connectivity index (χ3v) is 7.11. The summed E-state index contributed by atoms with van der Waals surface area (Å²) in [5, 5.41) is 5.95. The number of hydrogen-bond donors (Lipinski definition) is 3. The number of amides is 1. The van der Waals surface area contributed by atoms with E-state index in [2.05, 4.69) is 36.7 Å². The number of rotatable bonds is 6. The molecule has 5 rings (SSSR count). The van der Waals surface area contributed by atoms with E-state index in [0.717, 1.165) is 22.2 Å². The summed E-state index contributed by atoms with van der Waals surface area (Å²) >= 11 is 6.73. The molecule has 9 nitrogen and oxygen atoms in total. The Hall–Kier alpha value is -4.44. The number of anilines is 1. The van der Waals surface area contributed by atoms with Crippen LogP contribution in [0.2, 0.25) is 5.02 Å². The van der Waals surface area contributed by atoms with Gasteiger partial charge in [0.2, 0.25) is 0 Å². The van der Waals surface area contributed by atoms with Crippen molar-refractivity contribution in [2.45, 2.75) is 13.0 Å². The molecule has 3 heterocycles. The minimum Gasteiger partial charge on any atom is -0.390 e. The Balaban J connectivity index is 1.50. The van der Waals surface area contributed by atoms with Crippen LogP contribution in [0.4, 0.5) is 10.1 Å². The van der Waals surface area contributed by atoms with Crippen LogP contribution in [0.5, 0.6) is 0 Å². The lowest BCUT2D eigenvalue weighted by Gasteiger charge is -2.38. The number of piperazine rings is 1. The summed E-state index contributed by atoms with van der Waals surface area (Å²) in [5.41, 5.74) is 8.26. The molecule has 4 N–H and O–H groups in total. The summed E-state index contributed by atoms with van der Waals surface area (Å²) < 4.78 is 14.3. The molecule has 0 radical (unpaired) electrons. The largest absolute Gasteiger partial charge is 0.390 e. The fourth-order valence-corrected chi connectivity index (χ4v) is 5.13. The molecule has 1 saturated heterocycles. The van der Waals surface area contributed by atoms with Gasteiger partial charge in [-0.2, -0.15) is 0 Å². The van der Waals surface area contributed by atoms with E-state index >= 15 is 0 Å². The number of nitrogens with one attached hydrogen (secondary N) is 2. The minimum absolute atomic E-state index is 0.0785. The van der Waals surface area contributed by atoms with E-state index in [9.17, 15) is 9.18 Å². The van der Waals surface area contributed by atoms with E-state index in [-0.39, 0.29) is 17.5 Å². The van der Waals surface area contributed by atoms with Crippen LogP contribution in [0.15, 0.2) is 60.0 Å². The molecule has 4 aromatic rings. The van der Waals surface area contributed by atoms with E-state index in [1.165, 1.54) is 18.5 Å². The van der Waals surface area contributed by atoms with Gasteiger partial charge in [0.15, 0.2) is 5.82 Å². The molecule has 0 spiro atoms. The molecule has 11 heteroatoms. The Labute approximate surface area is 229 Å². The lowest BCUT2D eigenvalue weighted by molar-refractivity contribution is 0.0742. The van der Waals surface area contributed by atoms with Crippen LogP contribution < -0.4 is 26.6 Å². The molecule has 1 atom stereocenters. The van der Waals surface area contributed by atoms with Crippen molar-refractivity contribution in [2.75, 3.05) is 31.1 Å². The molecule has 1 amide bonds. The number of imidazole rings is 1. The Morgan fingerprint density at radius 2 is 2.00 bits per heavy atom. The molecule has 0 saturated carbocycles. The smallest absolute Gasteiger partial charge is 0.256 e. The van der Waals surface area contributed by atoms with Gasteiger partial charge in [-0.05, 0) is 37.3 Å². The standard InChI is InChI=1S/C28H28ClFN8O/c1-17(36-27(33-15-31)24-18(2)34-16-35-24)21-14-22(29)19-7-5-9-32-25(19)26(21)37-10-12-38(13-11-37)28(39)20-6-3-4-8-23(20)30/h3-9,14-17,36H,2,10-13H2,1H3,(H2,31,33)(H,34,35)/b27-24-. The first-order valence-corrected chi connectivity index (χ1v) is 12.9. The highest BCUT2D eigenvalue weighted by Gasteiger charge is 2.28. The summed E-state index contributed by atoms with van der Waals surface area (Å²) in [6.45, 7) is 7.89. The zero-order valence-electron chi connectivity index (χ0n) is 21.4. The van der Waals surface area contributed by atoms with Crippen LogP contribution in [0.1, 0.15) is 28.9 Å². The second kappa shape index (κ2) is 11.1. The molecule has 0 aliphatic carbocycles. The number of hydrogen-bond acceptors (Lipinski definition) is 6. The third-order valence-electron chi connectivity index (χ3n) is 6.80. The van der Waals surface area contributed by atoms with E-state index in [4.69, 9.17) is 17.3 Å². The number of nitrogens with zero attached hydrogens (tertiary/aromatic N) is 5. The van der Waals surface area contributed by atoms with Crippen molar-refractivity contribution in [1.82, 2.24) is 25.2 Å². The average molecular weight is 547 g/mol. The minimum atomic E-state index is -0.519. The summed E-state index contributed by atoms with van der Waals surface area (Å²) in [4.78, 5) is 33.1. The van der Waals surface area contributed by atoms with Crippen LogP contribution in [0.25, 0.3) is 23.3 Å². The van der Waals surface area contributed by atoms with E-state index in [0.29, 0.717) is 47.7 Å². The number of fused-ring (bicyclic) bond motifs is 1. The number of H-pyrrole nitrogens is 1. The van der Waals surface area contributed by atoms with E-state index in [1.54, 1.807) is 29.6 Å². The number of aromatic amines is 1. The maximum atomic E-state index is 14.3. The highest BCUT2D eigenvalue weighted by atomic mass is 35.5. The van der Waals surface area contributed by atoms with Gasteiger partial charge >= 0.3 is 0 Å². The zero-order valence-corrected chi connectivity index (χ0v) is 22.1. The number of carbonyl (C=O) groups excluding carboxylic acids is 1. The topological polar surface area (TPSA) is 116 Å². The van der Waals surface area contributed by atoms with E-state index < -0.39 is 5.82 Å². The number of nitrogens with two attached hydrogens (primary N) is 1. The van der Waals surface area contributed by atoms with Gasteiger partial charge in [-0.15, -0.1) is 0 Å². The third kappa shape index (κ3) is 5.15. The summed E-state index contributed by atoms with van der Waals surface area (Å²) in [6.07, 6.45) is 4.47. The van der Waals surface area contributed by atoms with Crippen LogP contribution >= 0.6 is 11.6 Å². The van der Waals surface area contributed by atoms with Gasteiger partial charge in [0.25, 0.3) is 5.91 Å². The van der Waals surface area contributed by atoms with Crippen molar-refractivity contribution in [3.8, 4) is 0 Å². The lowest BCUT2D eigenvalue weighted by atomic mass is 10.0. The molecule has 1 aliphatic rings. The van der Waals surface area contributed by atoms with Crippen molar-refractivity contribution in [3.05, 3.63) is 87.7 Å². The number of halogens is 2. The molecule has 2 aromatic heterocycles. The number of pyridine rings is 1. The van der Waals surface area contributed by atoms with Gasteiger partial charge in [-0.1, -0.05) is 30.3 Å². The van der Waals surface area contributed by atoms with Crippen molar-refractivity contribution < 1.29 is 9.18 Å². The molecule has 1 unspecified atom stereocenters. The van der Waals surface area contributed by atoms with Gasteiger partial charge in [-0.3, -0.25) is 9.78 Å².